The van der Waals surface area contributed by atoms with Crippen LogP contribution >= 0.6 is 0 Å². The van der Waals surface area contributed by atoms with Crippen molar-refractivity contribution >= 4 is 0 Å². The van der Waals surface area contributed by atoms with E-state index in [1.54, 1.807) is 0 Å². The number of hydrogen-bond acceptors (Lipinski definition) is 1. The van der Waals surface area contributed by atoms with Crippen molar-refractivity contribution in [1.82, 2.24) is 5.32 Å². The Morgan fingerprint density at radius 1 is 0.905 bits per heavy atom. The summed E-state index contributed by atoms with van der Waals surface area (Å²) in [6, 6.07) is 22.5. The van der Waals surface area contributed by atoms with E-state index < -0.39 is 0 Å². The molecular weight excluding hydrogens is 254 g/mol. The van der Waals surface area contributed by atoms with Crippen LogP contribution in [0, 0.1) is 5.41 Å². The molecule has 2 aromatic carbocycles. The second-order valence-corrected chi connectivity index (χ2v) is 6.85. The second kappa shape index (κ2) is 6.03. The molecule has 1 heteroatoms. The van der Waals surface area contributed by atoms with E-state index in [2.05, 4.69) is 79.8 Å². The van der Waals surface area contributed by atoms with Gasteiger partial charge in [0, 0.05) is 6.04 Å². The highest BCUT2D eigenvalue weighted by Crippen LogP contribution is 2.39. The van der Waals surface area contributed by atoms with Gasteiger partial charge in [-0.3, -0.25) is 0 Å². The van der Waals surface area contributed by atoms with Gasteiger partial charge in [0.05, 0.1) is 6.04 Å². The molecule has 2 aromatic rings. The molecule has 0 amide bonds. The van der Waals surface area contributed by atoms with E-state index in [0.29, 0.717) is 11.5 Å². The van der Waals surface area contributed by atoms with E-state index in [1.807, 2.05) is 0 Å². The van der Waals surface area contributed by atoms with Crippen molar-refractivity contribution in [1.29, 1.82) is 0 Å². The molecule has 3 rings (SSSR count). The van der Waals surface area contributed by atoms with Crippen LogP contribution < -0.4 is 5.32 Å². The van der Waals surface area contributed by atoms with Gasteiger partial charge in [-0.15, -0.1) is 0 Å². The molecule has 0 aromatic heterocycles. The lowest BCUT2D eigenvalue weighted by Gasteiger charge is -2.32. The van der Waals surface area contributed by atoms with Crippen molar-refractivity contribution in [2.45, 2.75) is 45.2 Å². The Bertz CT molecular complexity index is 519. The smallest absolute Gasteiger partial charge is 0.0579 e. The summed E-state index contributed by atoms with van der Waals surface area (Å²) >= 11 is 0. The zero-order chi connectivity index (χ0) is 14.7. The van der Waals surface area contributed by atoms with Gasteiger partial charge in [0.2, 0.25) is 0 Å². The van der Waals surface area contributed by atoms with Gasteiger partial charge < -0.3 is 5.32 Å². The fourth-order valence-corrected chi connectivity index (χ4v) is 3.51. The molecule has 1 atom stereocenters. The molecule has 0 radical (unpaired) electrons. The Morgan fingerprint density at radius 3 is 1.86 bits per heavy atom. The summed E-state index contributed by atoms with van der Waals surface area (Å²) in [6.07, 6.45) is 3.94. The van der Waals surface area contributed by atoms with Crippen molar-refractivity contribution < 1.29 is 0 Å². The molecular formula is C20H25N. The normalized spacial score (nSPS) is 20.8. The Balaban J connectivity index is 1.90. The fourth-order valence-electron chi connectivity index (χ4n) is 3.51. The summed E-state index contributed by atoms with van der Waals surface area (Å²) in [5.41, 5.74) is 3.10. The van der Waals surface area contributed by atoms with Crippen LogP contribution in [0.15, 0.2) is 60.7 Å². The zero-order valence-electron chi connectivity index (χ0n) is 13.0. The lowest BCUT2D eigenvalue weighted by atomic mass is 9.86. The van der Waals surface area contributed by atoms with Crippen molar-refractivity contribution in [3.05, 3.63) is 71.8 Å². The maximum Gasteiger partial charge on any atom is 0.0579 e. The molecule has 0 heterocycles. The van der Waals surface area contributed by atoms with Gasteiger partial charge in [0.1, 0.15) is 0 Å². The van der Waals surface area contributed by atoms with Crippen LogP contribution in [-0.2, 0) is 0 Å². The van der Waals surface area contributed by atoms with Gasteiger partial charge in [-0.2, -0.15) is 0 Å². The van der Waals surface area contributed by atoms with Gasteiger partial charge in [-0.1, -0.05) is 80.9 Å². The summed E-state index contributed by atoms with van der Waals surface area (Å²) < 4.78 is 0. The van der Waals surface area contributed by atoms with E-state index in [9.17, 15) is 0 Å². The number of hydrogen-bond donors (Lipinski definition) is 1. The Morgan fingerprint density at radius 2 is 1.43 bits per heavy atom. The summed E-state index contributed by atoms with van der Waals surface area (Å²) in [7, 11) is 0. The van der Waals surface area contributed by atoms with E-state index in [-0.39, 0.29) is 6.04 Å². The predicted octanol–water partition coefficient (Wildman–Crippen LogP) is 4.94. The summed E-state index contributed by atoms with van der Waals surface area (Å²) in [5.74, 6) is 0. The van der Waals surface area contributed by atoms with Crippen molar-refractivity contribution in [2.24, 2.45) is 5.41 Å². The molecule has 1 saturated carbocycles. The van der Waals surface area contributed by atoms with Crippen LogP contribution in [-0.4, -0.2) is 6.04 Å². The monoisotopic (exact) mass is 279 g/mol. The van der Waals surface area contributed by atoms with Gasteiger partial charge in [0.15, 0.2) is 0 Å². The molecule has 21 heavy (non-hydrogen) atoms. The molecule has 0 saturated heterocycles. The van der Waals surface area contributed by atoms with Gasteiger partial charge in [-0.25, -0.2) is 0 Å². The Labute approximate surface area is 128 Å². The maximum atomic E-state index is 3.94. The SMILES string of the molecule is CC1(C)CCCC1NC(c1ccccc1)c1ccccc1. The minimum absolute atomic E-state index is 0.287. The molecule has 1 unspecified atom stereocenters. The average Bonchev–Trinajstić information content (AvgIpc) is 2.85. The topological polar surface area (TPSA) is 12.0 Å². The van der Waals surface area contributed by atoms with E-state index >= 15 is 0 Å². The van der Waals surface area contributed by atoms with Gasteiger partial charge in [-0.05, 0) is 29.4 Å². The summed E-state index contributed by atoms with van der Waals surface area (Å²) in [5, 5.41) is 3.94. The highest BCUT2D eigenvalue weighted by molar-refractivity contribution is 5.31. The van der Waals surface area contributed by atoms with Crippen LogP contribution in [0.1, 0.15) is 50.3 Å². The van der Waals surface area contributed by atoms with Gasteiger partial charge >= 0.3 is 0 Å². The van der Waals surface area contributed by atoms with E-state index in [1.165, 1.54) is 30.4 Å². The van der Waals surface area contributed by atoms with Crippen molar-refractivity contribution in [3.8, 4) is 0 Å². The summed E-state index contributed by atoms with van der Waals surface area (Å²) in [4.78, 5) is 0. The molecule has 1 aliphatic carbocycles. The molecule has 1 aliphatic rings. The quantitative estimate of drug-likeness (QED) is 0.835. The number of nitrogens with one attached hydrogen (secondary N) is 1. The first kappa shape index (κ1) is 14.3. The Kier molecular flexibility index (Phi) is 4.12. The molecule has 110 valence electrons. The largest absolute Gasteiger partial charge is 0.303 e. The standard InChI is InChI=1S/C20H25N/c1-20(2)15-9-14-18(20)21-19(16-10-5-3-6-11-16)17-12-7-4-8-13-17/h3-8,10-13,18-19,21H,9,14-15H2,1-2H3. The predicted molar refractivity (Wildman–Crippen MR) is 89.3 cm³/mol. The highest BCUT2D eigenvalue weighted by Gasteiger charge is 2.35. The summed E-state index contributed by atoms with van der Waals surface area (Å²) in [6.45, 7) is 4.79. The third-order valence-electron chi connectivity index (χ3n) is 4.89. The van der Waals surface area contributed by atoms with Crippen LogP contribution in [0.3, 0.4) is 0 Å². The second-order valence-electron chi connectivity index (χ2n) is 6.85. The molecule has 0 aliphatic heterocycles. The molecule has 1 nitrogen and oxygen atoms in total. The molecule has 0 bridgehead atoms. The highest BCUT2D eigenvalue weighted by atomic mass is 15.0. The average molecular weight is 279 g/mol. The fraction of sp³-hybridized carbons (Fsp3) is 0.400. The lowest BCUT2D eigenvalue weighted by Crippen LogP contribution is -2.40. The zero-order valence-corrected chi connectivity index (χ0v) is 13.0. The first-order chi connectivity index (χ1) is 10.2. The first-order valence-corrected chi connectivity index (χ1v) is 8.03. The molecule has 1 fully saturated rings. The number of rotatable bonds is 4. The molecule has 1 N–H and O–H groups in total. The lowest BCUT2D eigenvalue weighted by molar-refractivity contribution is 0.271. The minimum atomic E-state index is 0.287. The first-order valence-electron chi connectivity index (χ1n) is 8.03. The van der Waals surface area contributed by atoms with Gasteiger partial charge in [0.25, 0.3) is 0 Å². The van der Waals surface area contributed by atoms with Crippen LogP contribution in [0.2, 0.25) is 0 Å². The minimum Gasteiger partial charge on any atom is -0.303 e. The van der Waals surface area contributed by atoms with Crippen LogP contribution in [0.5, 0.6) is 0 Å². The number of benzene rings is 2. The molecule has 0 spiro atoms. The van der Waals surface area contributed by atoms with E-state index in [4.69, 9.17) is 0 Å². The van der Waals surface area contributed by atoms with Crippen LogP contribution in [0.4, 0.5) is 0 Å². The maximum absolute atomic E-state index is 3.94. The van der Waals surface area contributed by atoms with E-state index in [0.717, 1.165) is 0 Å². The van der Waals surface area contributed by atoms with Crippen molar-refractivity contribution in [2.75, 3.05) is 0 Å². The van der Waals surface area contributed by atoms with Crippen molar-refractivity contribution in [3.63, 3.8) is 0 Å². The van der Waals surface area contributed by atoms with Crippen LogP contribution in [0.25, 0.3) is 0 Å². The third kappa shape index (κ3) is 3.19. The third-order valence-corrected chi connectivity index (χ3v) is 4.89. The Hall–Kier alpha value is -1.60.